The molecule has 1 unspecified atom stereocenters. The molecular weight excluding hydrogens is 371 g/mol. The molecule has 0 amide bonds. The van der Waals surface area contributed by atoms with Crippen LogP contribution in [0.1, 0.15) is 45.9 Å². The third-order valence-corrected chi connectivity index (χ3v) is 6.67. The van der Waals surface area contributed by atoms with Crippen LogP contribution < -0.4 is 5.56 Å². The number of ether oxygens (including phenoxy) is 1. The summed E-state index contributed by atoms with van der Waals surface area (Å²) in [6, 6.07) is 3.33. The van der Waals surface area contributed by atoms with Gasteiger partial charge in [0.05, 0.1) is 29.0 Å². The molecule has 2 aromatic heterocycles. The fraction of sp³-hybridized carbons (Fsp3) is 0.304. The van der Waals surface area contributed by atoms with Crippen molar-refractivity contribution in [1.82, 2.24) is 9.55 Å². The van der Waals surface area contributed by atoms with Gasteiger partial charge in [-0.3, -0.25) is 4.79 Å². The van der Waals surface area contributed by atoms with Crippen molar-refractivity contribution in [2.24, 2.45) is 0 Å². The first-order valence-corrected chi connectivity index (χ1v) is 9.85. The average molecular weight is 390 g/mol. The molecule has 0 spiro atoms. The molecule has 6 rings (SSSR count). The number of halogens is 1. The van der Waals surface area contributed by atoms with Crippen LogP contribution in [0.4, 0.5) is 4.39 Å². The minimum Gasteiger partial charge on any atom is -0.491 e. The Balaban J connectivity index is 1.68. The van der Waals surface area contributed by atoms with Gasteiger partial charge >= 0.3 is 0 Å². The Labute approximate surface area is 166 Å². The maximum atomic E-state index is 14.5. The van der Waals surface area contributed by atoms with Gasteiger partial charge in [-0.05, 0) is 48.9 Å². The Bertz CT molecular complexity index is 1340. The Hall–Kier alpha value is -2.99. The van der Waals surface area contributed by atoms with E-state index in [1.807, 2.05) is 13.0 Å². The highest BCUT2D eigenvalue weighted by Crippen LogP contribution is 2.42. The highest BCUT2D eigenvalue weighted by atomic mass is 19.1. The van der Waals surface area contributed by atoms with E-state index in [1.54, 1.807) is 4.57 Å². The van der Waals surface area contributed by atoms with Crippen molar-refractivity contribution in [3.8, 4) is 11.4 Å². The van der Waals surface area contributed by atoms with Crippen molar-refractivity contribution < 1.29 is 14.2 Å². The molecule has 1 atom stereocenters. The van der Waals surface area contributed by atoms with E-state index < -0.39 is 6.10 Å². The maximum Gasteiger partial charge on any atom is 0.258 e. The van der Waals surface area contributed by atoms with Crippen LogP contribution in [-0.4, -0.2) is 14.7 Å². The zero-order valence-corrected chi connectivity index (χ0v) is 16.0. The standard InChI is InChI=1S/C23H19FN2O3/c1-10-12-4-3-5-13-15-8-26-19(21(15)25-18(20(12)13)7-17(10)24)6-14-16(23(26)28)9-29-11(2)22(14)27/h6-7,22,27H,2-5,8-9H2,1H3. The average Bonchev–Trinajstić information content (AvgIpc) is 3.08. The van der Waals surface area contributed by atoms with E-state index in [1.165, 1.54) is 11.6 Å². The van der Waals surface area contributed by atoms with Crippen molar-refractivity contribution in [3.63, 3.8) is 0 Å². The first-order valence-electron chi connectivity index (χ1n) is 9.85. The molecule has 1 aromatic carbocycles. The van der Waals surface area contributed by atoms with E-state index in [0.717, 1.165) is 35.8 Å². The molecule has 1 aliphatic carbocycles. The van der Waals surface area contributed by atoms with Crippen molar-refractivity contribution in [2.45, 2.75) is 45.4 Å². The molecule has 1 N–H and O–H groups in total. The number of aliphatic hydroxyl groups is 1. The van der Waals surface area contributed by atoms with Crippen LogP contribution in [-0.2, 0) is 30.7 Å². The Morgan fingerprint density at radius 3 is 2.86 bits per heavy atom. The van der Waals surface area contributed by atoms with Crippen molar-refractivity contribution >= 4 is 10.9 Å². The fourth-order valence-corrected chi connectivity index (χ4v) is 5.13. The number of hydrogen-bond acceptors (Lipinski definition) is 4. The third-order valence-electron chi connectivity index (χ3n) is 6.67. The van der Waals surface area contributed by atoms with Crippen molar-refractivity contribution in [1.29, 1.82) is 0 Å². The Kier molecular flexibility index (Phi) is 3.23. The lowest BCUT2D eigenvalue weighted by molar-refractivity contribution is 0.0753. The summed E-state index contributed by atoms with van der Waals surface area (Å²) in [4.78, 5) is 18.0. The second kappa shape index (κ2) is 5.54. The minimum absolute atomic E-state index is 0.109. The fourth-order valence-electron chi connectivity index (χ4n) is 5.13. The summed E-state index contributed by atoms with van der Waals surface area (Å²) in [6.07, 6.45) is 1.66. The van der Waals surface area contributed by atoms with E-state index in [2.05, 4.69) is 6.58 Å². The van der Waals surface area contributed by atoms with Crippen LogP contribution in [0.2, 0.25) is 0 Å². The quantitative estimate of drug-likeness (QED) is 0.500. The molecule has 0 fully saturated rings. The van der Waals surface area contributed by atoms with E-state index in [4.69, 9.17) is 9.72 Å². The summed E-state index contributed by atoms with van der Waals surface area (Å²) in [5.74, 6) is 0.00122. The maximum absolute atomic E-state index is 14.5. The second-order valence-corrected chi connectivity index (χ2v) is 8.14. The zero-order valence-electron chi connectivity index (χ0n) is 16.0. The summed E-state index contributed by atoms with van der Waals surface area (Å²) in [5, 5.41) is 11.5. The van der Waals surface area contributed by atoms with Gasteiger partial charge in [0, 0.05) is 22.6 Å². The number of aliphatic hydroxyl groups excluding tert-OH is 1. The molecule has 4 heterocycles. The van der Waals surface area contributed by atoms with Gasteiger partial charge in [0.2, 0.25) is 0 Å². The van der Waals surface area contributed by atoms with Crippen LogP contribution in [0.3, 0.4) is 0 Å². The summed E-state index contributed by atoms with van der Waals surface area (Å²) in [5.41, 5.74) is 6.80. The molecule has 0 saturated carbocycles. The molecule has 3 aromatic rings. The number of benzene rings is 1. The van der Waals surface area contributed by atoms with E-state index in [9.17, 15) is 14.3 Å². The normalized spacial score (nSPS) is 19.0. The van der Waals surface area contributed by atoms with Gasteiger partial charge in [-0.1, -0.05) is 6.58 Å². The number of hydrogen-bond donors (Lipinski definition) is 1. The number of nitrogens with zero attached hydrogens (tertiary/aromatic N) is 2. The number of aromatic nitrogens is 2. The summed E-state index contributed by atoms with van der Waals surface area (Å²) in [6.45, 7) is 6.11. The van der Waals surface area contributed by atoms with Crippen LogP contribution in [0.25, 0.3) is 22.3 Å². The van der Waals surface area contributed by atoms with Gasteiger partial charge in [-0.2, -0.15) is 0 Å². The van der Waals surface area contributed by atoms with Crippen LogP contribution >= 0.6 is 0 Å². The molecule has 0 bridgehead atoms. The van der Waals surface area contributed by atoms with Crippen LogP contribution in [0.5, 0.6) is 0 Å². The first-order chi connectivity index (χ1) is 14.0. The smallest absolute Gasteiger partial charge is 0.258 e. The highest BCUT2D eigenvalue weighted by molar-refractivity contribution is 5.92. The lowest BCUT2D eigenvalue weighted by Gasteiger charge is -2.24. The number of fused-ring (bicyclic) bond motifs is 5. The van der Waals surface area contributed by atoms with Crippen LogP contribution in [0, 0.1) is 12.7 Å². The highest BCUT2D eigenvalue weighted by Gasteiger charge is 2.33. The Morgan fingerprint density at radius 2 is 2.03 bits per heavy atom. The number of pyridine rings is 2. The molecular formula is C23H19FN2O3. The molecule has 0 saturated heterocycles. The molecule has 3 aliphatic rings. The monoisotopic (exact) mass is 390 g/mol. The van der Waals surface area contributed by atoms with Gasteiger partial charge < -0.3 is 14.4 Å². The molecule has 5 nitrogen and oxygen atoms in total. The summed E-state index contributed by atoms with van der Waals surface area (Å²) < 4.78 is 21.6. The molecule has 29 heavy (non-hydrogen) atoms. The molecule has 0 radical (unpaired) electrons. The number of rotatable bonds is 0. The Morgan fingerprint density at radius 1 is 1.24 bits per heavy atom. The van der Waals surface area contributed by atoms with Gasteiger partial charge in [0.25, 0.3) is 5.56 Å². The second-order valence-electron chi connectivity index (χ2n) is 8.14. The van der Waals surface area contributed by atoms with Crippen molar-refractivity contribution in [3.05, 3.63) is 74.0 Å². The number of aryl methyl sites for hydroxylation is 2. The first kappa shape index (κ1) is 16.9. The lowest BCUT2D eigenvalue weighted by Crippen LogP contribution is -2.29. The topological polar surface area (TPSA) is 64.4 Å². The molecule has 146 valence electrons. The summed E-state index contributed by atoms with van der Waals surface area (Å²) >= 11 is 0. The predicted molar refractivity (Wildman–Crippen MR) is 106 cm³/mol. The van der Waals surface area contributed by atoms with Gasteiger partial charge in [-0.25, -0.2) is 9.37 Å². The largest absolute Gasteiger partial charge is 0.491 e. The van der Waals surface area contributed by atoms with E-state index in [0.29, 0.717) is 40.1 Å². The van der Waals surface area contributed by atoms with E-state index >= 15 is 0 Å². The van der Waals surface area contributed by atoms with Gasteiger partial charge in [0.1, 0.15) is 24.3 Å². The molecule has 6 heteroatoms. The van der Waals surface area contributed by atoms with Crippen molar-refractivity contribution in [2.75, 3.05) is 0 Å². The van der Waals surface area contributed by atoms with Gasteiger partial charge in [0.15, 0.2) is 0 Å². The zero-order chi connectivity index (χ0) is 20.0. The lowest BCUT2D eigenvalue weighted by atomic mass is 9.85. The molecule has 2 aliphatic heterocycles. The van der Waals surface area contributed by atoms with Crippen LogP contribution in [0.15, 0.2) is 29.3 Å². The SMILES string of the molecule is C=C1OCc2c(cc3n(c2=O)Cc2c-3nc3cc(F)c(C)c4c3c2CCC4)C1O. The van der Waals surface area contributed by atoms with E-state index in [-0.39, 0.29) is 23.7 Å². The third kappa shape index (κ3) is 2.07. The predicted octanol–water partition coefficient (Wildman–Crippen LogP) is 3.44. The summed E-state index contributed by atoms with van der Waals surface area (Å²) in [7, 11) is 0. The van der Waals surface area contributed by atoms with Gasteiger partial charge in [-0.15, -0.1) is 0 Å². The minimum atomic E-state index is -1.04.